The summed E-state index contributed by atoms with van der Waals surface area (Å²) in [7, 11) is 3.46. The zero-order chi connectivity index (χ0) is 23.7. The Hall–Kier alpha value is -3.81. The second-order valence-corrected chi connectivity index (χ2v) is 8.13. The van der Waals surface area contributed by atoms with E-state index in [2.05, 4.69) is 15.4 Å². The molecule has 1 amide bonds. The Kier molecular flexibility index (Phi) is 6.09. The number of hydrogen-bond donors (Lipinski definition) is 1. The van der Waals surface area contributed by atoms with E-state index in [-0.39, 0.29) is 18.6 Å². The highest BCUT2D eigenvalue weighted by atomic mass is 16.5. The van der Waals surface area contributed by atoms with Crippen LogP contribution in [0.15, 0.2) is 40.8 Å². The second-order valence-electron chi connectivity index (χ2n) is 8.13. The van der Waals surface area contributed by atoms with Gasteiger partial charge in [-0.2, -0.15) is 10.1 Å². The molecule has 3 aromatic heterocycles. The molecule has 0 fully saturated rings. The molecule has 1 atom stereocenters. The van der Waals surface area contributed by atoms with Gasteiger partial charge in [0, 0.05) is 18.7 Å². The van der Waals surface area contributed by atoms with Crippen LogP contribution in [0, 0.1) is 20.8 Å². The van der Waals surface area contributed by atoms with Gasteiger partial charge in [0.25, 0.3) is 5.91 Å². The summed E-state index contributed by atoms with van der Waals surface area (Å²) in [5, 5.41) is 8.54. The largest absolute Gasteiger partial charge is 0.497 e. The number of nitrogens with one attached hydrogen (secondary N) is 1. The molecule has 8 heteroatoms. The molecule has 1 unspecified atom stereocenters. The third-order valence-corrected chi connectivity index (χ3v) is 5.61. The zero-order valence-electron chi connectivity index (χ0n) is 19.7. The highest BCUT2D eigenvalue weighted by Crippen LogP contribution is 2.34. The predicted molar refractivity (Wildman–Crippen MR) is 125 cm³/mol. The third kappa shape index (κ3) is 4.55. The van der Waals surface area contributed by atoms with Crippen LogP contribution in [0.3, 0.4) is 0 Å². The molecular formula is C25H28N4O4. The van der Waals surface area contributed by atoms with E-state index in [1.807, 2.05) is 71.1 Å². The van der Waals surface area contributed by atoms with Crippen molar-refractivity contribution >= 4 is 16.9 Å². The molecule has 0 aliphatic heterocycles. The second kappa shape index (κ2) is 8.97. The van der Waals surface area contributed by atoms with Gasteiger partial charge < -0.3 is 19.2 Å². The van der Waals surface area contributed by atoms with Gasteiger partial charge in [-0.05, 0) is 57.0 Å². The molecule has 0 saturated heterocycles. The maximum atomic E-state index is 12.5. The number of aromatic nitrogens is 3. The number of furan rings is 1. The first kappa shape index (κ1) is 22.4. The van der Waals surface area contributed by atoms with Gasteiger partial charge in [0.1, 0.15) is 23.0 Å². The quantitative estimate of drug-likeness (QED) is 0.450. The van der Waals surface area contributed by atoms with Crippen LogP contribution in [0.2, 0.25) is 0 Å². The number of rotatable bonds is 7. The van der Waals surface area contributed by atoms with Crippen LogP contribution in [-0.4, -0.2) is 34.4 Å². The molecule has 1 N–H and O–H groups in total. The Bertz CT molecular complexity index is 1300. The van der Waals surface area contributed by atoms with Crippen molar-refractivity contribution in [1.29, 1.82) is 0 Å². The van der Waals surface area contributed by atoms with Gasteiger partial charge in [-0.15, -0.1) is 0 Å². The first-order chi connectivity index (χ1) is 15.8. The van der Waals surface area contributed by atoms with Crippen LogP contribution in [0.1, 0.15) is 35.6 Å². The summed E-state index contributed by atoms with van der Waals surface area (Å²) in [6.07, 6.45) is 0. The number of benzene rings is 1. The highest BCUT2D eigenvalue weighted by Gasteiger charge is 2.20. The number of amides is 1. The summed E-state index contributed by atoms with van der Waals surface area (Å²) >= 11 is 0. The Labute approximate surface area is 192 Å². The van der Waals surface area contributed by atoms with Crippen molar-refractivity contribution in [2.45, 2.75) is 33.7 Å². The Morgan fingerprint density at radius 2 is 1.91 bits per heavy atom. The third-order valence-electron chi connectivity index (χ3n) is 5.61. The van der Waals surface area contributed by atoms with Crippen molar-refractivity contribution in [1.82, 2.24) is 20.1 Å². The van der Waals surface area contributed by atoms with Crippen LogP contribution in [0.25, 0.3) is 22.3 Å². The summed E-state index contributed by atoms with van der Waals surface area (Å²) in [6.45, 7) is 7.61. The van der Waals surface area contributed by atoms with Crippen molar-refractivity contribution < 1.29 is 18.7 Å². The van der Waals surface area contributed by atoms with E-state index in [1.54, 1.807) is 11.8 Å². The zero-order valence-corrected chi connectivity index (χ0v) is 19.7. The minimum atomic E-state index is -0.229. The Balaban J connectivity index is 1.48. The van der Waals surface area contributed by atoms with Crippen molar-refractivity contribution in [3.8, 4) is 22.9 Å². The summed E-state index contributed by atoms with van der Waals surface area (Å²) in [5.74, 6) is 2.57. The lowest BCUT2D eigenvalue weighted by molar-refractivity contribution is -0.123. The van der Waals surface area contributed by atoms with Crippen molar-refractivity contribution in [3.63, 3.8) is 0 Å². The van der Waals surface area contributed by atoms with Crippen LogP contribution in [-0.2, 0) is 11.8 Å². The van der Waals surface area contributed by atoms with Crippen LogP contribution >= 0.6 is 0 Å². The summed E-state index contributed by atoms with van der Waals surface area (Å²) in [4.78, 5) is 17.1. The number of ether oxygens (including phenoxy) is 2. The van der Waals surface area contributed by atoms with Crippen molar-refractivity contribution in [3.05, 3.63) is 59.0 Å². The monoisotopic (exact) mass is 448 g/mol. The number of carbonyl (C=O) groups is 1. The van der Waals surface area contributed by atoms with Gasteiger partial charge >= 0.3 is 0 Å². The van der Waals surface area contributed by atoms with Gasteiger partial charge in [0.05, 0.1) is 18.5 Å². The van der Waals surface area contributed by atoms with Gasteiger partial charge in [-0.1, -0.05) is 12.1 Å². The average Bonchev–Trinajstić information content (AvgIpc) is 3.30. The fourth-order valence-electron chi connectivity index (χ4n) is 3.93. The molecular weight excluding hydrogens is 420 g/mol. The lowest BCUT2D eigenvalue weighted by Crippen LogP contribution is -2.31. The molecule has 172 valence electrons. The molecule has 3 heterocycles. The van der Waals surface area contributed by atoms with Gasteiger partial charge in [0.15, 0.2) is 12.3 Å². The summed E-state index contributed by atoms with van der Waals surface area (Å²) in [5.41, 5.74) is 4.40. The van der Waals surface area contributed by atoms with Crippen molar-refractivity contribution in [2.75, 3.05) is 13.7 Å². The molecule has 0 bridgehead atoms. The van der Waals surface area contributed by atoms with Gasteiger partial charge in [0.2, 0.25) is 5.88 Å². The Morgan fingerprint density at radius 3 is 2.55 bits per heavy atom. The summed E-state index contributed by atoms with van der Waals surface area (Å²) < 4.78 is 18.3. The number of hydrogen-bond acceptors (Lipinski definition) is 6. The SMILES string of the molecule is COc1ccc(C(C)NC(=O)COc2cc(C)c3c(-c4cc(C)oc4C)nn(C)c3n2)cc1. The number of pyridine rings is 1. The average molecular weight is 449 g/mol. The first-order valence-electron chi connectivity index (χ1n) is 10.7. The topological polar surface area (TPSA) is 91.4 Å². The normalized spacial score (nSPS) is 12.1. The molecule has 4 rings (SSSR count). The molecule has 33 heavy (non-hydrogen) atoms. The number of carbonyl (C=O) groups excluding carboxylic acids is 1. The van der Waals surface area contributed by atoms with Crippen LogP contribution in [0.4, 0.5) is 0 Å². The van der Waals surface area contributed by atoms with E-state index in [0.717, 1.165) is 45.0 Å². The van der Waals surface area contributed by atoms with Gasteiger partial charge in [-0.25, -0.2) is 4.68 Å². The molecule has 0 radical (unpaired) electrons. The number of aryl methyl sites for hydroxylation is 4. The van der Waals surface area contributed by atoms with E-state index < -0.39 is 0 Å². The fourth-order valence-corrected chi connectivity index (χ4v) is 3.93. The molecule has 0 spiro atoms. The minimum Gasteiger partial charge on any atom is -0.497 e. The van der Waals surface area contributed by atoms with Crippen LogP contribution in [0.5, 0.6) is 11.6 Å². The molecule has 0 aliphatic carbocycles. The highest BCUT2D eigenvalue weighted by molar-refractivity contribution is 5.94. The molecule has 1 aromatic carbocycles. The van der Waals surface area contributed by atoms with E-state index in [1.165, 1.54) is 0 Å². The molecule has 0 saturated carbocycles. The molecule has 4 aromatic rings. The predicted octanol–water partition coefficient (Wildman–Crippen LogP) is 4.42. The number of methoxy groups -OCH3 is 1. The lowest BCUT2D eigenvalue weighted by Gasteiger charge is -2.15. The maximum absolute atomic E-state index is 12.5. The van der Waals surface area contributed by atoms with E-state index >= 15 is 0 Å². The van der Waals surface area contributed by atoms with Crippen molar-refractivity contribution in [2.24, 2.45) is 7.05 Å². The fraction of sp³-hybridized carbons (Fsp3) is 0.320. The van der Waals surface area contributed by atoms with Crippen LogP contribution < -0.4 is 14.8 Å². The lowest BCUT2D eigenvalue weighted by atomic mass is 10.1. The van der Waals surface area contributed by atoms with Gasteiger partial charge in [-0.3, -0.25) is 4.79 Å². The Morgan fingerprint density at radius 1 is 1.18 bits per heavy atom. The summed E-state index contributed by atoms with van der Waals surface area (Å²) in [6, 6.07) is 11.2. The van der Waals surface area contributed by atoms with E-state index in [0.29, 0.717) is 11.5 Å². The minimum absolute atomic E-state index is 0.136. The molecule has 0 aliphatic rings. The maximum Gasteiger partial charge on any atom is 0.258 e. The van der Waals surface area contributed by atoms with E-state index in [9.17, 15) is 4.79 Å². The standard InChI is InChI=1S/C25H28N4O4/c1-14-11-22(32-13-21(30)26-16(3)18-7-9-19(31-6)10-8-18)27-25-23(14)24(28-29(25)5)20-12-15(2)33-17(20)4/h7-12,16H,13H2,1-6H3,(H,26,30). The number of fused-ring (bicyclic) bond motifs is 1. The smallest absolute Gasteiger partial charge is 0.258 e. The van der Waals surface area contributed by atoms with E-state index in [4.69, 9.17) is 13.9 Å². The first-order valence-corrected chi connectivity index (χ1v) is 10.7. The molecule has 8 nitrogen and oxygen atoms in total. The number of nitrogens with zero attached hydrogens (tertiary/aromatic N) is 3.